The highest BCUT2D eigenvalue weighted by Gasteiger charge is 2.19. The molecule has 0 radical (unpaired) electrons. The Balaban J connectivity index is 1.81. The molecule has 4 nitrogen and oxygen atoms in total. The number of rotatable bonds is 4. The Hall–Kier alpha value is -4.07. The third-order valence-electron chi connectivity index (χ3n) is 5.52. The third-order valence-corrected chi connectivity index (χ3v) is 5.77. The smallest absolute Gasteiger partial charge is 0.118 e. The van der Waals surface area contributed by atoms with Gasteiger partial charge >= 0.3 is 0 Å². The van der Waals surface area contributed by atoms with Gasteiger partial charge in [-0.3, -0.25) is 0 Å². The number of benzene rings is 3. The second-order valence-corrected chi connectivity index (χ2v) is 7.81. The summed E-state index contributed by atoms with van der Waals surface area (Å²) >= 11 is 6.10. The molecule has 0 aliphatic carbocycles. The van der Waals surface area contributed by atoms with Crippen molar-refractivity contribution >= 4 is 22.5 Å². The Bertz CT molecular complexity index is 1460. The maximum absolute atomic E-state index is 10.2. The van der Waals surface area contributed by atoms with Crippen LogP contribution < -0.4 is 4.74 Å². The monoisotopic (exact) mass is 435 g/mol. The van der Waals surface area contributed by atoms with Gasteiger partial charge in [0.2, 0.25) is 0 Å². The quantitative estimate of drug-likeness (QED) is 0.327. The molecule has 0 saturated heterocycles. The summed E-state index contributed by atoms with van der Waals surface area (Å²) in [6.45, 7) is 0. The molecule has 5 rings (SSSR count). The summed E-state index contributed by atoms with van der Waals surface area (Å²) in [4.78, 5) is 8.24. The number of aromatic amines is 1. The van der Waals surface area contributed by atoms with Crippen molar-refractivity contribution in [2.45, 2.75) is 0 Å². The van der Waals surface area contributed by atoms with Crippen LogP contribution in [-0.4, -0.2) is 17.1 Å². The van der Waals surface area contributed by atoms with E-state index in [1.165, 1.54) is 0 Å². The van der Waals surface area contributed by atoms with Crippen LogP contribution in [-0.2, 0) is 0 Å². The summed E-state index contributed by atoms with van der Waals surface area (Å²) < 4.78 is 5.30. The summed E-state index contributed by atoms with van der Waals surface area (Å²) in [5.41, 5.74) is 6.48. The van der Waals surface area contributed by atoms with Crippen LogP contribution in [0.5, 0.6) is 5.75 Å². The molecule has 32 heavy (non-hydrogen) atoms. The molecule has 0 spiro atoms. The van der Waals surface area contributed by atoms with Crippen LogP contribution in [0.25, 0.3) is 44.5 Å². The molecule has 1 N–H and O–H groups in total. The maximum Gasteiger partial charge on any atom is 0.118 e. The number of nitrogens with one attached hydrogen (secondary N) is 1. The van der Waals surface area contributed by atoms with Crippen molar-refractivity contribution in [3.05, 3.63) is 95.6 Å². The van der Waals surface area contributed by atoms with Gasteiger partial charge in [-0.25, -0.2) is 4.98 Å². The first-order valence-electron chi connectivity index (χ1n) is 10.1. The topological polar surface area (TPSA) is 61.7 Å². The highest BCUT2D eigenvalue weighted by molar-refractivity contribution is 6.30. The van der Waals surface area contributed by atoms with Gasteiger partial charge in [-0.1, -0.05) is 54.1 Å². The van der Waals surface area contributed by atoms with E-state index in [-0.39, 0.29) is 0 Å². The van der Waals surface area contributed by atoms with Crippen molar-refractivity contribution in [3.63, 3.8) is 0 Å². The molecular weight excluding hydrogens is 418 g/mol. The van der Waals surface area contributed by atoms with Crippen molar-refractivity contribution in [3.8, 4) is 45.5 Å². The molecule has 5 aromatic rings. The van der Waals surface area contributed by atoms with E-state index in [1.54, 1.807) is 7.11 Å². The average Bonchev–Trinajstić information content (AvgIpc) is 3.28. The van der Waals surface area contributed by atoms with Crippen molar-refractivity contribution < 1.29 is 4.74 Å². The van der Waals surface area contributed by atoms with E-state index in [2.05, 4.69) is 11.1 Å². The standard InChI is InChI=1S/C27H18ClN3O/c1-32-20-12-8-17(9-13-20)22-14-26(18-6-10-19(28)11-7-18)31-27(23(22)15-29)24-16-30-25-5-3-2-4-21(24)25/h2-14,16,30H,1H3. The number of ether oxygens (including phenoxy) is 1. The Morgan fingerprint density at radius 1 is 0.906 bits per heavy atom. The van der Waals surface area contributed by atoms with E-state index in [0.29, 0.717) is 16.3 Å². The first-order valence-corrected chi connectivity index (χ1v) is 10.5. The Kier molecular flexibility index (Phi) is 5.10. The lowest BCUT2D eigenvalue weighted by molar-refractivity contribution is 0.415. The Morgan fingerprint density at radius 3 is 2.34 bits per heavy atom. The van der Waals surface area contributed by atoms with Crippen LogP contribution in [0.15, 0.2) is 85.1 Å². The molecule has 0 atom stereocenters. The van der Waals surface area contributed by atoms with Crippen LogP contribution in [0.1, 0.15) is 5.56 Å². The van der Waals surface area contributed by atoms with Gasteiger partial charge in [-0.15, -0.1) is 0 Å². The first-order chi connectivity index (χ1) is 15.7. The first kappa shape index (κ1) is 19.9. The lowest BCUT2D eigenvalue weighted by Gasteiger charge is -2.13. The minimum atomic E-state index is 0.526. The van der Waals surface area contributed by atoms with E-state index in [1.807, 2.05) is 85.1 Å². The van der Waals surface area contributed by atoms with E-state index < -0.39 is 0 Å². The number of H-pyrrole nitrogens is 1. The summed E-state index contributed by atoms with van der Waals surface area (Å²) in [6.07, 6.45) is 1.91. The van der Waals surface area contributed by atoms with Gasteiger partial charge in [-0.2, -0.15) is 5.26 Å². The Morgan fingerprint density at radius 2 is 1.62 bits per heavy atom. The summed E-state index contributed by atoms with van der Waals surface area (Å²) in [6, 6.07) is 27.6. The predicted molar refractivity (Wildman–Crippen MR) is 129 cm³/mol. The SMILES string of the molecule is COc1ccc(-c2cc(-c3ccc(Cl)cc3)nc(-c3c[nH]c4ccccc34)c2C#N)cc1. The lowest BCUT2D eigenvalue weighted by Crippen LogP contribution is -1.97. The van der Waals surface area contributed by atoms with E-state index in [9.17, 15) is 5.26 Å². The molecule has 2 heterocycles. The fourth-order valence-corrected chi connectivity index (χ4v) is 4.01. The van der Waals surface area contributed by atoms with Gasteiger partial charge in [0.05, 0.1) is 24.1 Å². The summed E-state index contributed by atoms with van der Waals surface area (Å²) in [7, 11) is 1.63. The van der Waals surface area contributed by atoms with Crippen LogP contribution >= 0.6 is 11.6 Å². The third kappa shape index (κ3) is 3.49. The zero-order valence-electron chi connectivity index (χ0n) is 17.3. The molecule has 0 saturated carbocycles. The fourth-order valence-electron chi connectivity index (χ4n) is 3.89. The molecule has 154 valence electrons. The molecule has 5 heteroatoms. The van der Waals surface area contributed by atoms with Gasteiger partial charge < -0.3 is 9.72 Å². The highest BCUT2D eigenvalue weighted by Crippen LogP contribution is 2.37. The molecule has 0 aliphatic rings. The number of hydrogen-bond acceptors (Lipinski definition) is 3. The molecule has 0 aliphatic heterocycles. The fraction of sp³-hybridized carbons (Fsp3) is 0.0370. The number of nitrogens with zero attached hydrogens (tertiary/aromatic N) is 2. The van der Waals surface area contributed by atoms with E-state index >= 15 is 0 Å². The zero-order valence-corrected chi connectivity index (χ0v) is 18.0. The minimum Gasteiger partial charge on any atom is -0.497 e. The van der Waals surface area contributed by atoms with Gasteiger partial charge in [0.1, 0.15) is 11.8 Å². The van der Waals surface area contributed by atoms with Crippen LogP contribution in [0.3, 0.4) is 0 Å². The van der Waals surface area contributed by atoms with Gasteiger partial charge in [-0.05, 0) is 42.0 Å². The lowest BCUT2D eigenvalue weighted by atomic mass is 9.94. The normalized spacial score (nSPS) is 10.8. The summed E-state index contributed by atoms with van der Waals surface area (Å²) in [5, 5.41) is 11.9. The molecule has 0 unspecified atom stereocenters. The number of nitriles is 1. The van der Waals surface area contributed by atoms with Crippen molar-refractivity contribution in [2.24, 2.45) is 0 Å². The zero-order chi connectivity index (χ0) is 22.1. The number of hydrogen-bond donors (Lipinski definition) is 1. The Labute approximate surface area is 190 Å². The van der Waals surface area contributed by atoms with Crippen molar-refractivity contribution in [2.75, 3.05) is 7.11 Å². The van der Waals surface area contributed by atoms with Crippen LogP contribution in [0.4, 0.5) is 0 Å². The summed E-state index contributed by atoms with van der Waals surface area (Å²) in [5.74, 6) is 0.760. The number of para-hydroxylation sites is 1. The largest absolute Gasteiger partial charge is 0.497 e. The average molecular weight is 436 g/mol. The minimum absolute atomic E-state index is 0.526. The van der Waals surface area contributed by atoms with Gasteiger partial charge in [0.15, 0.2) is 0 Å². The second kappa shape index (κ2) is 8.22. The molecule has 0 amide bonds. The molecule has 0 fully saturated rings. The van der Waals surface area contributed by atoms with Crippen LogP contribution in [0.2, 0.25) is 5.02 Å². The van der Waals surface area contributed by atoms with Crippen molar-refractivity contribution in [1.29, 1.82) is 5.26 Å². The van der Waals surface area contributed by atoms with E-state index in [0.717, 1.165) is 44.6 Å². The number of fused-ring (bicyclic) bond motifs is 1. The molecular formula is C27H18ClN3O. The van der Waals surface area contributed by atoms with Gasteiger partial charge in [0.25, 0.3) is 0 Å². The molecule has 0 bridgehead atoms. The van der Waals surface area contributed by atoms with Gasteiger partial charge in [0, 0.05) is 38.8 Å². The van der Waals surface area contributed by atoms with Crippen LogP contribution in [0, 0.1) is 11.3 Å². The molecule has 2 aromatic heterocycles. The number of methoxy groups -OCH3 is 1. The van der Waals surface area contributed by atoms with Crippen molar-refractivity contribution in [1.82, 2.24) is 9.97 Å². The van der Waals surface area contributed by atoms with E-state index in [4.69, 9.17) is 21.3 Å². The number of aromatic nitrogens is 2. The number of halogens is 1. The second-order valence-electron chi connectivity index (χ2n) is 7.37. The number of pyridine rings is 1. The molecule has 3 aromatic carbocycles. The maximum atomic E-state index is 10.2. The highest BCUT2D eigenvalue weighted by atomic mass is 35.5. The predicted octanol–water partition coefficient (Wildman–Crippen LogP) is 7.10.